The highest BCUT2D eigenvalue weighted by Gasteiger charge is 2.30. The molecule has 1 N–H and O–H groups in total. The monoisotopic (exact) mass is 374 g/mol. The summed E-state index contributed by atoms with van der Waals surface area (Å²) in [6, 6.07) is 12.0. The molecule has 6 heteroatoms. The molecule has 2 aliphatic rings. The summed E-state index contributed by atoms with van der Waals surface area (Å²) in [5.41, 5.74) is 4.60. The van der Waals surface area contributed by atoms with Gasteiger partial charge in [-0.3, -0.25) is 14.9 Å². The lowest BCUT2D eigenvalue weighted by Gasteiger charge is -2.35. The van der Waals surface area contributed by atoms with Gasteiger partial charge < -0.3 is 9.64 Å². The number of piperidine rings is 1. The molecule has 0 aliphatic carbocycles. The van der Waals surface area contributed by atoms with Gasteiger partial charge in [0.15, 0.2) is 0 Å². The minimum Gasteiger partial charge on any atom is -0.493 e. The van der Waals surface area contributed by atoms with Gasteiger partial charge in [-0.1, -0.05) is 6.07 Å². The molecule has 28 heavy (non-hydrogen) atoms. The van der Waals surface area contributed by atoms with E-state index < -0.39 is 0 Å². The van der Waals surface area contributed by atoms with Crippen molar-refractivity contribution in [2.75, 3.05) is 13.2 Å². The number of benzene rings is 1. The van der Waals surface area contributed by atoms with Gasteiger partial charge in [-0.25, -0.2) is 0 Å². The fourth-order valence-corrected chi connectivity index (χ4v) is 4.17. The Morgan fingerprint density at radius 2 is 2.18 bits per heavy atom. The molecule has 1 amide bonds. The molecule has 4 heterocycles. The average molecular weight is 374 g/mol. The molecule has 2 aliphatic heterocycles. The number of ether oxygens (including phenoxy) is 1. The summed E-state index contributed by atoms with van der Waals surface area (Å²) in [6.07, 6.45) is 7.65. The average Bonchev–Trinajstić information content (AvgIpc) is 3.43. The summed E-state index contributed by atoms with van der Waals surface area (Å²) >= 11 is 0. The van der Waals surface area contributed by atoms with Crippen molar-refractivity contribution in [3.8, 4) is 17.0 Å². The fourth-order valence-electron chi connectivity index (χ4n) is 4.17. The first-order valence-corrected chi connectivity index (χ1v) is 9.82. The summed E-state index contributed by atoms with van der Waals surface area (Å²) in [5.74, 6) is 0.944. The molecular weight excluding hydrogens is 352 g/mol. The van der Waals surface area contributed by atoms with Crippen LogP contribution >= 0.6 is 0 Å². The molecule has 1 fully saturated rings. The van der Waals surface area contributed by atoms with Crippen LogP contribution in [0, 0.1) is 0 Å². The van der Waals surface area contributed by atoms with Gasteiger partial charge in [-0.05, 0) is 60.7 Å². The van der Waals surface area contributed by atoms with E-state index in [0.29, 0.717) is 5.69 Å². The van der Waals surface area contributed by atoms with E-state index in [-0.39, 0.29) is 11.9 Å². The minimum absolute atomic E-state index is 0.00297. The van der Waals surface area contributed by atoms with Gasteiger partial charge in [-0.2, -0.15) is 5.10 Å². The number of rotatable bonds is 3. The number of fused-ring (bicyclic) bond motifs is 1. The van der Waals surface area contributed by atoms with E-state index in [1.54, 1.807) is 6.20 Å². The minimum atomic E-state index is -0.00297. The molecule has 0 saturated carbocycles. The Bertz CT molecular complexity index is 999. The summed E-state index contributed by atoms with van der Waals surface area (Å²) in [5, 5.41) is 7.35. The van der Waals surface area contributed by atoms with E-state index in [4.69, 9.17) is 4.74 Å². The molecule has 1 saturated heterocycles. The molecule has 0 bridgehead atoms. The van der Waals surface area contributed by atoms with E-state index in [9.17, 15) is 4.79 Å². The van der Waals surface area contributed by atoms with Gasteiger partial charge in [0, 0.05) is 30.9 Å². The Kier molecular flexibility index (Phi) is 4.31. The van der Waals surface area contributed by atoms with E-state index in [2.05, 4.69) is 21.2 Å². The van der Waals surface area contributed by atoms with Crippen LogP contribution in [0.2, 0.25) is 0 Å². The predicted molar refractivity (Wildman–Crippen MR) is 105 cm³/mol. The molecule has 5 rings (SSSR count). The SMILES string of the molecule is O=C(c1cc(-c2ccc3c(c2)CCO3)n[nH]1)N1CCCC[C@H]1c1cccnc1. The van der Waals surface area contributed by atoms with Crippen molar-refractivity contribution >= 4 is 5.91 Å². The zero-order valence-electron chi connectivity index (χ0n) is 15.6. The summed E-state index contributed by atoms with van der Waals surface area (Å²) in [6.45, 7) is 1.48. The van der Waals surface area contributed by atoms with Crippen LogP contribution in [0.1, 0.15) is 46.9 Å². The van der Waals surface area contributed by atoms with Crippen molar-refractivity contribution < 1.29 is 9.53 Å². The van der Waals surface area contributed by atoms with Gasteiger partial charge >= 0.3 is 0 Å². The fraction of sp³-hybridized carbons (Fsp3) is 0.318. The van der Waals surface area contributed by atoms with Crippen LogP contribution in [-0.4, -0.2) is 39.1 Å². The number of aromatic amines is 1. The predicted octanol–water partition coefficient (Wildman–Crippen LogP) is 3.77. The lowest BCUT2D eigenvalue weighted by molar-refractivity contribution is 0.0605. The molecular formula is C22H22N4O2. The van der Waals surface area contributed by atoms with Gasteiger partial charge in [0.05, 0.1) is 18.3 Å². The highest BCUT2D eigenvalue weighted by molar-refractivity contribution is 5.93. The maximum Gasteiger partial charge on any atom is 0.272 e. The maximum atomic E-state index is 13.2. The van der Waals surface area contributed by atoms with Gasteiger partial charge in [0.1, 0.15) is 11.4 Å². The van der Waals surface area contributed by atoms with Crippen molar-refractivity contribution in [3.63, 3.8) is 0 Å². The normalized spacial score (nSPS) is 18.6. The van der Waals surface area contributed by atoms with Crippen molar-refractivity contribution in [1.82, 2.24) is 20.1 Å². The topological polar surface area (TPSA) is 71.1 Å². The Hall–Kier alpha value is -3.15. The molecule has 6 nitrogen and oxygen atoms in total. The number of H-pyrrole nitrogens is 1. The summed E-state index contributed by atoms with van der Waals surface area (Å²) in [4.78, 5) is 19.4. The van der Waals surface area contributed by atoms with Crippen LogP contribution in [0.4, 0.5) is 0 Å². The van der Waals surface area contributed by atoms with Crippen LogP contribution in [-0.2, 0) is 6.42 Å². The Morgan fingerprint density at radius 1 is 1.21 bits per heavy atom. The van der Waals surface area contributed by atoms with Gasteiger partial charge in [-0.15, -0.1) is 0 Å². The van der Waals surface area contributed by atoms with Crippen LogP contribution in [0.3, 0.4) is 0 Å². The number of nitrogens with zero attached hydrogens (tertiary/aromatic N) is 3. The third-order valence-corrected chi connectivity index (χ3v) is 5.63. The number of hydrogen-bond donors (Lipinski definition) is 1. The van der Waals surface area contributed by atoms with Crippen molar-refractivity contribution in [3.05, 3.63) is 65.6 Å². The Labute approximate surface area is 163 Å². The number of likely N-dealkylation sites (tertiary alicyclic amines) is 1. The number of nitrogens with one attached hydrogen (secondary N) is 1. The van der Waals surface area contributed by atoms with Crippen LogP contribution in [0.5, 0.6) is 5.75 Å². The zero-order valence-corrected chi connectivity index (χ0v) is 15.6. The van der Waals surface area contributed by atoms with E-state index in [1.807, 2.05) is 41.4 Å². The lowest BCUT2D eigenvalue weighted by atomic mass is 9.96. The first-order valence-electron chi connectivity index (χ1n) is 9.82. The molecule has 0 unspecified atom stereocenters. The number of carbonyl (C=O) groups excluding carboxylic acids is 1. The van der Waals surface area contributed by atoms with Crippen molar-refractivity contribution in [2.24, 2.45) is 0 Å². The number of pyridine rings is 1. The van der Waals surface area contributed by atoms with Gasteiger partial charge in [0.2, 0.25) is 0 Å². The molecule has 0 radical (unpaired) electrons. The van der Waals surface area contributed by atoms with Crippen LogP contribution in [0.25, 0.3) is 11.3 Å². The Morgan fingerprint density at radius 3 is 3.07 bits per heavy atom. The molecule has 1 aromatic carbocycles. The molecule has 0 spiro atoms. The number of amides is 1. The molecule has 3 aromatic rings. The maximum absolute atomic E-state index is 13.2. The zero-order chi connectivity index (χ0) is 18.9. The second-order valence-electron chi connectivity index (χ2n) is 7.38. The largest absolute Gasteiger partial charge is 0.493 e. The highest BCUT2D eigenvalue weighted by Crippen LogP contribution is 2.33. The second kappa shape index (κ2) is 7.11. The molecule has 142 valence electrons. The smallest absolute Gasteiger partial charge is 0.272 e. The molecule has 2 aromatic heterocycles. The molecule has 1 atom stereocenters. The highest BCUT2D eigenvalue weighted by atomic mass is 16.5. The number of aromatic nitrogens is 3. The van der Waals surface area contributed by atoms with Crippen molar-refractivity contribution in [2.45, 2.75) is 31.7 Å². The first kappa shape index (κ1) is 17.0. The standard InChI is InChI=1S/C22H22N4O2/c27-22(26-10-2-1-5-20(26)17-4-3-9-23-14-17)19-13-18(24-25-19)15-6-7-21-16(12-15)8-11-28-21/h3-4,6-7,9,12-14,20H,1-2,5,8,10-11H2,(H,24,25)/t20-/m0/s1. The summed E-state index contributed by atoms with van der Waals surface area (Å²) < 4.78 is 5.57. The van der Waals surface area contributed by atoms with E-state index in [1.165, 1.54) is 5.56 Å². The number of hydrogen-bond acceptors (Lipinski definition) is 4. The van der Waals surface area contributed by atoms with Crippen LogP contribution < -0.4 is 4.74 Å². The van der Waals surface area contributed by atoms with Gasteiger partial charge in [0.25, 0.3) is 5.91 Å². The lowest BCUT2D eigenvalue weighted by Crippen LogP contribution is -2.38. The van der Waals surface area contributed by atoms with E-state index >= 15 is 0 Å². The van der Waals surface area contributed by atoms with E-state index in [0.717, 1.165) is 61.4 Å². The first-order chi connectivity index (χ1) is 13.8. The van der Waals surface area contributed by atoms with Crippen molar-refractivity contribution in [1.29, 1.82) is 0 Å². The number of carbonyl (C=O) groups is 1. The Balaban J connectivity index is 1.41. The second-order valence-corrected chi connectivity index (χ2v) is 7.38. The quantitative estimate of drug-likeness (QED) is 0.757. The van der Waals surface area contributed by atoms with Crippen LogP contribution in [0.15, 0.2) is 48.8 Å². The third-order valence-electron chi connectivity index (χ3n) is 5.63. The summed E-state index contributed by atoms with van der Waals surface area (Å²) in [7, 11) is 0. The third kappa shape index (κ3) is 3.05.